The van der Waals surface area contributed by atoms with E-state index >= 15 is 0 Å². The van der Waals surface area contributed by atoms with E-state index in [4.69, 9.17) is 11.6 Å². The number of hydrogen-bond donors (Lipinski definition) is 2. The maximum Gasteiger partial charge on any atom is 0.242 e. The number of benzene rings is 1. The van der Waals surface area contributed by atoms with Crippen LogP contribution in [0.3, 0.4) is 0 Å². The maximum absolute atomic E-state index is 12.0. The van der Waals surface area contributed by atoms with Crippen LogP contribution < -0.4 is 15.5 Å². The van der Waals surface area contributed by atoms with Crippen molar-refractivity contribution in [2.24, 2.45) is 0 Å². The highest BCUT2D eigenvalue weighted by Crippen LogP contribution is 2.30. The van der Waals surface area contributed by atoms with Crippen LogP contribution in [0, 0.1) is 0 Å². The van der Waals surface area contributed by atoms with E-state index in [0.717, 1.165) is 55.2 Å². The van der Waals surface area contributed by atoms with Crippen LogP contribution in [0.5, 0.6) is 0 Å². The first-order chi connectivity index (χ1) is 10.2. The number of carbonyl (C=O) groups excluding carboxylic acids is 1. The van der Waals surface area contributed by atoms with Gasteiger partial charge in [0.1, 0.15) is 6.04 Å². The van der Waals surface area contributed by atoms with Gasteiger partial charge in [0.05, 0.1) is 0 Å². The summed E-state index contributed by atoms with van der Waals surface area (Å²) in [6.45, 7) is 4.82. The number of hydrogen-bond acceptors (Lipinski definition) is 3. The Balaban J connectivity index is 2.23. The predicted molar refractivity (Wildman–Crippen MR) is 87.9 cm³/mol. The normalized spacial score (nSPS) is 18.0. The molecule has 5 heteroatoms. The second-order valence-electron chi connectivity index (χ2n) is 5.42. The van der Waals surface area contributed by atoms with Crippen LogP contribution in [0.1, 0.15) is 31.7 Å². The van der Waals surface area contributed by atoms with Crippen LogP contribution in [0.4, 0.5) is 5.69 Å². The summed E-state index contributed by atoms with van der Waals surface area (Å²) in [4.78, 5) is 14.2. The van der Waals surface area contributed by atoms with Crippen LogP contribution in [-0.2, 0) is 11.3 Å². The molecule has 1 aromatic rings. The lowest BCUT2D eigenvalue weighted by atomic mass is 10.1. The summed E-state index contributed by atoms with van der Waals surface area (Å²) in [7, 11) is 1.70. The quantitative estimate of drug-likeness (QED) is 0.794. The zero-order valence-electron chi connectivity index (χ0n) is 12.8. The first-order valence-electron chi connectivity index (χ1n) is 7.64. The third-order valence-electron chi connectivity index (χ3n) is 3.90. The van der Waals surface area contributed by atoms with Gasteiger partial charge in [-0.25, -0.2) is 0 Å². The SMILES string of the molecule is CCCNCc1cc(Cl)ccc1N1CCCC1C(=O)NC. The van der Waals surface area contributed by atoms with Gasteiger partial charge in [0.25, 0.3) is 0 Å². The van der Waals surface area contributed by atoms with Gasteiger partial charge < -0.3 is 15.5 Å². The lowest BCUT2D eigenvalue weighted by Crippen LogP contribution is -2.42. The fraction of sp³-hybridized carbons (Fsp3) is 0.562. The first-order valence-corrected chi connectivity index (χ1v) is 8.02. The summed E-state index contributed by atoms with van der Waals surface area (Å²) >= 11 is 6.14. The molecule has 0 aliphatic carbocycles. The monoisotopic (exact) mass is 309 g/mol. The largest absolute Gasteiger partial charge is 0.359 e. The molecule has 4 nitrogen and oxygen atoms in total. The number of amides is 1. The molecule has 0 spiro atoms. The number of rotatable bonds is 6. The molecule has 1 unspecified atom stereocenters. The number of nitrogens with one attached hydrogen (secondary N) is 2. The van der Waals surface area contributed by atoms with E-state index in [9.17, 15) is 4.79 Å². The van der Waals surface area contributed by atoms with E-state index in [2.05, 4.69) is 22.5 Å². The smallest absolute Gasteiger partial charge is 0.242 e. The summed E-state index contributed by atoms with van der Waals surface area (Å²) < 4.78 is 0. The number of likely N-dealkylation sites (N-methyl/N-ethyl adjacent to an activating group) is 1. The molecular formula is C16H24ClN3O. The van der Waals surface area contributed by atoms with Crippen LogP contribution in [0.2, 0.25) is 5.02 Å². The zero-order chi connectivity index (χ0) is 15.2. The second-order valence-corrected chi connectivity index (χ2v) is 5.85. The molecule has 2 rings (SSSR count). The zero-order valence-corrected chi connectivity index (χ0v) is 13.5. The Hall–Kier alpha value is -1.26. The molecule has 0 bridgehead atoms. The predicted octanol–water partition coefficient (Wildman–Crippen LogP) is 2.55. The lowest BCUT2D eigenvalue weighted by Gasteiger charge is -2.28. The molecule has 0 radical (unpaired) electrons. The highest BCUT2D eigenvalue weighted by Gasteiger charge is 2.31. The van der Waals surface area contributed by atoms with Gasteiger partial charge >= 0.3 is 0 Å². The van der Waals surface area contributed by atoms with E-state index in [1.807, 2.05) is 18.2 Å². The van der Waals surface area contributed by atoms with Crippen molar-refractivity contribution in [3.63, 3.8) is 0 Å². The van der Waals surface area contributed by atoms with Gasteiger partial charge in [-0.1, -0.05) is 18.5 Å². The molecule has 1 atom stereocenters. The lowest BCUT2D eigenvalue weighted by molar-refractivity contribution is -0.121. The highest BCUT2D eigenvalue weighted by atomic mass is 35.5. The molecule has 1 aliphatic rings. The van der Waals surface area contributed by atoms with E-state index in [-0.39, 0.29) is 11.9 Å². The fourth-order valence-corrected chi connectivity index (χ4v) is 3.06. The standard InChI is InChI=1S/C16H24ClN3O/c1-3-8-19-11-12-10-13(17)6-7-14(12)20-9-4-5-15(20)16(21)18-2/h6-7,10,15,19H,3-5,8-9,11H2,1-2H3,(H,18,21). The Morgan fingerprint density at radius 2 is 2.29 bits per heavy atom. The van der Waals surface area contributed by atoms with Crippen molar-refractivity contribution in [3.8, 4) is 0 Å². The molecule has 1 saturated heterocycles. The van der Waals surface area contributed by atoms with Gasteiger partial charge in [0.2, 0.25) is 5.91 Å². The Morgan fingerprint density at radius 1 is 1.48 bits per heavy atom. The van der Waals surface area contributed by atoms with Crippen molar-refractivity contribution in [2.45, 2.75) is 38.8 Å². The number of carbonyl (C=O) groups is 1. The average Bonchev–Trinajstić information content (AvgIpc) is 2.96. The Kier molecular flexibility index (Phi) is 5.88. The summed E-state index contributed by atoms with van der Waals surface area (Å²) in [5.74, 6) is 0.0925. The van der Waals surface area contributed by atoms with Crippen molar-refractivity contribution in [1.82, 2.24) is 10.6 Å². The van der Waals surface area contributed by atoms with E-state index in [1.54, 1.807) is 7.05 Å². The number of nitrogens with zero attached hydrogens (tertiary/aromatic N) is 1. The molecule has 1 fully saturated rings. The van der Waals surface area contributed by atoms with Crippen LogP contribution in [0.25, 0.3) is 0 Å². The topological polar surface area (TPSA) is 44.4 Å². The van der Waals surface area contributed by atoms with Crippen molar-refractivity contribution < 1.29 is 4.79 Å². The summed E-state index contributed by atoms with van der Waals surface area (Å²) in [6, 6.07) is 5.87. The van der Waals surface area contributed by atoms with Crippen molar-refractivity contribution >= 4 is 23.2 Å². The van der Waals surface area contributed by atoms with Crippen LogP contribution >= 0.6 is 11.6 Å². The molecule has 1 heterocycles. The minimum atomic E-state index is -0.0684. The molecule has 0 saturated carbocycles. The van der Waals surface area contributed by atoms with Gasteiger partial charge in [-0.15, -0.1) is 0 Å². The molecule has 116 valence electrons. The number of halogens is 1. The third-order valence-corrected chi connectivity index (χ3v) is 4.13. The van der Waals surface area contributed by atoms with Gasteiger partial charge in [0.15, 0.2) is 0 Å². The van der Waals surface area contributed by atoms with Crippen LogP contribution in [0.15, 0.2) is 18.2 Å². The maximum atomic E-state index is 12.0. The summed E-state index contributed by atoms with van der Waals surface area (Å²) in [6.07, 6.45) is 3.05. The minimum absolute atomic E-state index is 0.0684. The fourth-order valence-electron chi connectivity index (χ4n) is 2.87. The highest BCUT2D eigenvalue weighted by molar-refractivity contribution is 6.30. The Labute approximate surface area is 131 Å². The molecular weight excluding hydrogens is 286 g/mol. The Morgan fingerprint density at radius 3 is 3.00 bits per heavy atom. The van der Waals surface area contributed by atoms with E-state index in [1.165, 1.54) is 0 Å². The summed E-state index contributed by atoms with van der Waals surface area (Å²) in [5, 5.41) is 6.92. The number of anilines is 1. The van der Waals surface area contributed by atoms with Crippen molar-refractivity contribution in [2.75, 3.05) is 25.0 Å². The third kappa shape index (κ3) is 3.89. The van der Waals surface area contributed by atoms with E-state index in [0.29, 0.717) is 0 Å². The molecule has 2 N–H and O–H groups in total. The van der Waals surface area contributed by atoms with Crippen molar-refractivity contribution in [3.05, 3.63) is 28.8 Å². The Bertz CT molecular complexity index is 492. The minimum Gasteiger partial charge on any atom is -0.359 e. The van der Waals surface area contributed by atoms with Crippen LogP contribution in [-0.4, -0.2) is 32.1 Å². The molecule has 1 aromatic carbocycles. The first kappa shape index (κ1) is 16.1. The molecule has 1 amide bonds. The summed E-state index contributed by atoms with van der Waals surface area (Å²) in [5.41, 5.74) is 2.28. The van der Waals surface area contributed by atoms with E-state index < -0.39 is 0 Å². The molecule has 0 aromatic heterocycles. The van der Waals surface area contributed by atoms with Gasteiger partial charge in [-0.2, -0.15) is 0 Å². The molecule has 1 aliphatic heterocycles. The second kappa shape index (κ2) is 7.66. The molecule has 21 heavy (non-hydrogen) atoms. The van der Waals surface area contributed by atoms with Gasteiger partial charge in [-0.05, 0) is 49.6 Å². The van der Waals surface area contributed by atoms with Gasteiger partial charge in [-0.3, -0.25) is 4.79 Å². The van der Waals surface area contributed by atoms with Crippen molar-refractivity contribution in [1.29, 1.82) is 0 Å². The average molecular weight is 310 g/mol. The van der Waals surface area contributed by atoms with Gasteiger partial charge in [0, 0.05) is 30.8 Å².